The van der Waals surface area contributed by atoms with Crippen molar-refractivity contribution in [2.75, 3.05) is 6.54 Å². The van der Waals surface area contributed by atoms with Gasteiger partial charge in [-0.1, -0.05) is 18.2 Å². The van der Waals surface area contributed by atoms with Crippen molar-refractivity contribution in [2.45, 2.75) is 31.7 Å². The van der Waals surface area contributed by atoms with Crippen LogP contribution in [-0.4, -0.2) is 12.1 Å². The number of fused-ring (bicyclic) bond motifs is 1. The maximum absolute atomic E-state index is 5.95. The minimum absolute atomic E-state index is 0.147. The van der Waals surface area contributed by atoms with Gasteiger partial charge in [-0.25, -0.2) is 0 Å². The molecule has 0 radical (unpaired) electrons. The highest BCUT2D eigenvalue weighted by atomic mass is 16.3. The Hall–Kier alpha value is -1.28. The summed E-state index contributed by atoms with van der Waals surface area (Å²) in [6.45, 7) is 5.57. The molecule has 16 heavy (non-hydrogen) atoms. The van der Waals surface area contributed by atoms with E-state index in [0.29, 0.717) is 5.92 Å². The molecule has 1 saturated heterocycles. The number of hydrogen-bond donors (Lipinski definition) is 1. The second-order valence-corrected chi connectivity index (χ2v) is 5.18. The van der Waals surface area contributed by atoms with Crippen molar-refractivity contribution < 1.29 is 4.42 Å². The van der Waals surface area contributed by atoms with E-state index in [-0.39, 0.29) is 5.54 Å². The summed E-state index contributed by atoms with van der Waals surface area (Å²) >= 11 is 0. The van der Waals surface area contributed by atoms with Crippen molar-refractivity contribution in [3.8, 4) is 0 Å². The average molecular weight is 215 g/mol. The maximum atomic E-state index is 5.95. The highest BCUT2D eigenvalue weighted by molar-refractivity contribution is 5.77. The number of para-hydroxylation sites is 1. The molecule has 1 aromatic carbocycles. The van der Waals surface area contributed by atoms with Crippen LogP contribution in [0.1, 0.15) is 31.9 Å². The van der Waals surface area contributed by atoms with Crippen LogP contribution in [0.3, 0.4) is 0 Å². The number of nitrogens with one attached hydrogen (secondary N) is 1. The van der Waals surface area contributed by atoms with Crippen LogP contribution in [-0.2, 0) is 0 Å². The lowest BCUT2D eigenvalue weighted by Gasteiger charge is -2.25. The van der Waals surface area contributed by atoms with E-state index in [0.717, 1.165) is 24.3 Å². The van der Waals surface area contributed by atoms with Crippen LogP contribution in [0.25, 0.3) is 11.0 Å². The summed E-state index contributed by atoms with van der Waals surface area (Å²) < 4.78 is 5.95. The van der Waals surface area contributed by atoms with Crippen LogP contribution < -0.4 is 5.32 Å². The molecule has 1 atom stereocenters. The van der Waals surface area contributed by atoms with Gasteiger partial charge in [0.1, 0.15) is 11.3 Å². The van der Waals surface area contributed by atoms with Crippen molar-refractivity contribution in [3.05, 3.63) is 36.1 Å². The molecule has 0 bridgehead atoms. The first-order chi connectivity index (χ1) is 7.67. The second-order valence-electron chi connectivity index (χ2n) is 5.18. The Morgan fingerprint density at radius 2 is 2.12 bits per heavy atom. The molecule has 2 aromatic rings. The third-order valence-corrected chi connectivity index (χ3v) is 3.67. The molecular formula is C14H17NO. The van der Waals surface area contributed by atoms with Gasteiger partial charge in [-0.3, -0.25) is 0 Å². The van der Waals surface area contributed by atoms with Gasteiger partial charge in [-0.15, -0.1) is 0 Å². The summed E-state index contributed by atoms with van der Waals surface area (Å²) in [5.74, 6) is 1.61. The molecule has 1 fully saturated rings. The van der Waals surface area contributed by atoms with E-state index in [2.05, 4.69) is 37.4 Å². The Labute approximate surface area is 95.6 Å². The van der Waals surface area contributed by atoms with Gasteiger partial charge < -0.3 is 9.73 Å². The summed E-state index contributed by atoms with van der Waals surface area (Å²) in [5, 5.41) is 4.74. The van der Waals surface area contributed by atoms with Gasteiger partial charge in [0.05, 0.1) is 0 Å². The van der Waals surface area contributed by atoms with Crippen LogP contribution in [0.5, 0.6) is 0 Å². The lowest BCUT2D eigenvalue weighted by atomic mass is 9.87. The molecule has 3 rings (SSSR count). The predicted octanol–water partition coefficient (Wildman–Crippen LogP) is 3.29. The Kier molecular flexibility index (Phi) is 2.08. The summed E-state index contributed by atoms with van der Waals surface area (Å²) in [6.07, 6.45) is 1.16. The first kappa shape index (κ1) is 9.91. The first-order valence-corrected chi connectivity index (χ1v) is 5.90. The van der Waals surface area contributed by atoms with Crippen LogP contribution in [0.2, 0.25) is 0 Å². The Bertz CT molecular complexity index is 479. The van der Waals surface area contributed by atoms with Crippen LogP contribution in [0, 0.1) is 0 Å². The monoisotopic (exact) mass is 215 g/mol. The molecule has 1 aliphatic heterocycles. The molecule has 1 N–H and O–H groups in total. The summed E-state index contributed by atoms with van der Waals surface area (Å²) in [5.41, 5.74) is 1.15. The van der Waals surface area contributed by atoms with E-state index in [1.807, 2.05) is 12.1 Å². The van der Waals surface area contributed by atoms with Gasteiger partial charge in [-0.05, 0) is 38.9 Å². The molecule has 0 saturated carbocycles. The van der Waals surface area contributed by atoms with E-state index < -0.39 is 0 Å². The number of benzene rings is 1. The number of hydrogen-bond acceptors (Lipinski definition) is 2. The molecule has 1 unspecified atom stereocenters. The van der Waals surface area contributed by atoms with E-state index in [9.17, 15) is 0 Å². The van der Waals surface area contributed by atoms with Crippen molar-refractivity contribution in [3.63, 3.8) is 0 Å². The van der Waals surface area contributed by atoms with Gasteiger partial charge >= 0.3 is 0 Å². The summed E-state index contributed by atoms with van der Waals surface area (Å²) in [7, 11) is 0. The highest BCUT2D eigenvalue weighted by Gasteiger charge is 2.37. The standard InChI is InChI=1S/C14H17NO/c1-14(2)11(7-8-15-14)13-9-10-5-3-4-6-12(10)16-13/h3-6,9,11,15H,7-8H2,1-2H3. The van der Waals surface area contributed by atoms with Gasteiger partial charge in [-0.2, -0.15) is 0 Å². The lowest BCUT2D eigenvalue weighted by molar-refractivity contribution is 0.364. The molecule has 1 aliphatic rings. The minimum Gasteiger partial charge on any atom is -0.461 e. The fourth-order valence-electron chi connectivity index (χ4n) is 2.69. The lowest BCUT2D eigenvalue weighted by Crippen LogP contribution is -2.36. The largest absolute Gasteiger partial charge is 0.461 e. The molecule has 1 aromatic heterocycles. The fourth-order valence-corrected chi connectivity index (χ4v) is 2.69. The van der Waals surface area contributed by atoms with E-state index >= 15 is 0 Å². The van der Waals surface area contributed by atoms with Gasteiger partial charge in [0, 0.05) is 16.8 Å². The van der Waals surface area contributed by atoms with E-state index in [1.165, 1.54) is 5.39 Å². The Morgan fingerprint density at radius 3 is 2.81 bits per heavy atom. The van der Waals surface area contributed by atoms with Crippen molar-refractivity contribution in [2.24, 2.45) is 0 Å². The first-order valence-electron chi connectivity index (χ1n) is 5.90. The van der Waals surface area contributed by atoms with Gasteiger partial charge in [0.15, 0.2) is 0 Å². The third-order valence-electron chi connectivity index (χ3n) is 3.67. The van der Waals surface area contributed by atoms with Crippen LogP contribution >= 0.6 is 0 Å². The number of rotatable bonds is 1. The second kappa shape index (κ2) is 3.36. The molecule has 2 nitrogen and oxygen atoms in total. The third kappa shape index (κ3) is 1.45. The predicted molar refractivity (Wildman–Crippen MR) is 65.7 cm³/mol. The fraction of sp³-hybridized carbons (Fsp3) is 0.429. The quantitative estimate of drug-likeness (QED) is 0.789. The average Bonchev–Trinajstić information content (AvgIpc) is 2.79. The van der Waals surface area contributed by atoms with E-state index in [1.54, 1.807) is 0 Å². The van der Waals surface area contributed by atoms with Gasteiger partial charge in [0.2, 0.25) is 0 Å². The molecular weight excluding hydrogens is 198 g/mol. The van der Waals surface area contributed by atoms with Crippen LogP contribution in [0.4, 0.5) is 0 Å². The van der Waals surface area contributed by atoms with E-state index in [4.69, 9.17) is 4.42 Å². The summed E-state index contributed by atoms with van der Waals surface area (Å²) in [6, 6.07) is 10.4. The normalized spacial score (nSPS) is 24.0. The topological polar surface area (TPSA) is 25.2 Å². The zero-order valence-corrected chi connectivity index (χ0v) is 9.79. The SMILES string of the molecule is CC1(C)NCCC1c1cc2ccccc2o1. The smallest absolute Gasteiger partial charge is 0.134 e. The molecule has 84 valence electrons. The van der Waals surface area contributed by atoms with Crippen molar-refractivity contribution in [1.29, 1.82) is 0 Å². The Balaban J connectivity index is 2.06. The van der Waals surface area contributed by atoms with Gasteiger partial charge in [0.25, 0.3) is 0 Å². The minimum atomic E-state index is 0.147. The Morgan fingerprint density at radius 1 is 1.31 bits per heavy atom. The van der Waals surface area contributed by atoms with Crippen molar-refractivity contribution in [1.82, 2.24) is 5.32 Å². The molecule has 0 aliphatic carbocycles. The molecule has 0 spiro atoms. The zero-order chi connectivity index (χ0) is 11.2. The van der Waals surface area contributed by atoms with Crippen LogP contribution in [0.15, 0.2) is 34.7 Å². The molecule has 2 heteroatoms. The number of furan rings is 1. The highest BCUT2D eigenvalue weighted by Crippen LogP contribution is 2.37. The zero-order valence-electron chi connectivity index (χ0n) is 9.79. The molecule has 0 amide bonds. The van der Waals surface area contributed by atoms with Crippen molar-refractivity contribution >= 4 is 11.0 Å². The summed E-state index contributed by atoms with van der Waals surface area (Å²) in [4.78, 5) is 0. The molecule has 2 heterocycles. The maximum Gasteiger partial charge on any atom is 0.134 e.